The summed E-state index contributed by atoms with van der Waals surface area (Å²) in [4.78, 5) is 32.6. The number of nitrogens with zero attached hydrogens (tertiary/aromatic N) is 2. The van der Waals surface area contributed by atoms with Crippen molar-refractivity contribution in [1.82, 2.24) is 4.98 Å². The molecule has 0 bridgehead atoms. The van der Waals surface area contributed by atoms with Crippen LogP contribution >= 0.6 is 0 Å². The summed E-state index contributed by atoms with van der Waals surface area (Å²) in [6, 6.07) is 9.33. The molecule has 0 spiro atoms. The highest BCUT2D eigenvalue weighted by Gasteiger charge is 2.24. The largest absolute Gasteiger partial charge is 0.481 e. The highest BCUT2D eigenvalue weighted by Crippen LogP contribution is 2.18. The molecule has 0 fully saturated rings. The lowest BCUT2D eigenvalue weighted by atomic mass is 9.89. The number of ketones is 1. The van der Waals surface area contributed by atoms with Crippen LogP contribution < -0.4 is 0 Å². The summed E-state index contributed by atoms with van der Waals surface area (Å²) in [5.41, 5.74) is -0.281. The summed E-state index contributed by atoms with van der Waals surface area (Å²) < 4.78 is 5.37. The number of Topliss-reactive ketones (excluding diaryl/α,β-unsaturated/α-hetero) is 1. The first-order valence-corrected chi connectivity index (χ1v) is 7.94. The number of ether oxygens (including phenoxy) is 1. The molecule has 0 aliphatic carbocycles. The average molecular weight is 326 g/mol. The lowest BCUT2D eigenvalue weighted by molar-refractivity contribution is -0.125. The third-order valence-electron chi connectivity index (χ3n) is 3.54. The SMILES string of the molecule is CCOC(CC(=O)C(C)(C)C)=NC(=O)c1cc2ccccc2cn1. The second kappa shape index (κ2) is 7.34. The fourth-order valence-corrected chi connectivity index (χ4v) is 2.06. The highest BCUT2D eigenvalue weighted by molar-refractivity contribution is 6.07. The third-order valence-corrected chi connectivity index (χ3v) is 3.54. The van der Waals surface area contributed by atoms with Gasteiger partial charge in [0.2, 0.25) is 0 Å². The van der Waals surface area contributed by atoms with Gasteiger partial charge in [0, 0.05) is 17.0 Å². The Labute approximate surface area is 141 Å². The first-order valence-electron chi connectivity index (χ1n) is 7.94. The number of pyridine rings is 1. The monoisotopic (exact) mass is 326 g/mol. The molecule has 0 N–H and O–H groups in total. The van der Waals surface area contributed by atoms with Crippen molar-refractivity contribution < 1.29 is 14.3 Å². The maximum absolute atomic E-state index is 12.4. The van der Waals surface area contributed by atoms with Crippen molar-refractivity contribution in [2.24, 2.45) is 10.4 Å². The fraction of sp³-hybridized carbons (Fsp3) is 0.368. The third kappa shape index (κ3) is 4.47. The Morgan fingerprint density at radius 3 is 2.46 bits per heavy atom. The maximum Gasteiger partial charge on any atom is 0.298 e. The molecule has 2 aromatic rings. The lowest BCUT2D eigenvalue weighted by Gasteiger charge is -2.17. The van der Waals surface area contributed by atoms with Gasteiger partial charge in [0.25, 0.3) is 5.91 Å². The van der Waals surface area contributed by atoms with Crippen LogP contribution in [0.25, 0.3) is 10.8 Å². The van der Waals surface area contributed by atoms with Gasteiger partial charge in [0.1, 0.15) is 11.5 Å². The predicted octanol–water partition coefficient (Wildman–Crippen LogP) is 3.82. The van der Waals surface area contributed by atoms with E-state index in [9.17, 15) is 9.59 Å². The standard InChI is InChI=1S/C19H22N2O3/c1-5-24-17(11-16(22)19(2,3)4)21-18(23)15-10-13-8-6-7-9-14(13)12-20-15/h6-10,12H,5,11H2,1-4H3. The summed E-state index contributed by atoms with van der Waals surface area (Å²) in [5.74, 6) is -0.405. The van der Waals surface area contributed by atoms with E-state index in [2.05, 4.69) is 9.98 Å². The van der Waals surface area contributed by atoms with Crippen molar-refractivity contribution in [2.75, 3.05) is 6.61 Å². The molecule has 0 aliphatic heterocycles. The van der Waals surface area contributed by atoms with Gasteiger partial charge in [-0.15, -0.1) is 0 Å². The summed E-state index contributed by atoms with van der Waals surface area (Å²) in [6.07, 6.45) is 1.63. The van der Waals surface area contributed by atoms with Gasteiger partial charge in [-0.3, -0.25) is 14.6 Å². The van der Waals surface area contributed by atoms with E-state index in [0.29, 0.717) is 6.61 Å². The Kier molecular flexibility index (Phi) is 5.44. The number of fused-ring (bicyclic) bond motifs is 1. The van der Waals surface area contributed by atoms with Crippen molar-refractivity contribution in [3.63, 3.8) is 0 Å². The van der Waals surface area contributed by atoms with E-state index >= 15 is 0 Å². The quantitative estimate of drug-likeness (QED) is 0.633. The molecule has 0 radical (unpaired) electrons. The van der Waals surface area contributed by atoms with Crippen LogP contribution in [-0.2, 0) is 9.53 Å². The van der Waals surface area contributed by atoms with Gasteiger partial charge in [0.05, 0.1) is 13.0 Å². The fourth-order valence-electron chi connectivity index (χ4n) is 2.06. The Bertz CT molecular complexity index is 789. The Morgan fingerprint density at radius 1 is 1.17 bits per heavy atom. The van der Waals surface area contributed by atoms with Crippen molar-refractivity contribution in [3.8, 4) is 0 Å². The molecule has 126 valence electrons. The van der Waals surface area contributed by atoms with E-state index in [1.807, 2.05) is 45.0 Å². The summed E-state index contributed by atoms with van der Waals surface area (Å²) in [7, 11) is 0. The van der Waals surface area contributed by atoms with Crippen molar-refractivity contribution in [2.45, 2.75) is 34.1 Å². The lowest BCUT2D eigenvalue weighted by Crippen LogP contribution is -2.24. The average Bonchev–Trinajstić information content (AvgIpc) is 2.53. The van der Waals surface area contributed by atoms with Crippen LogP contribution in [0.5, 0.6) is 0 Å². The van der Waals surface area contributed by atoms with Crippen LogP contribution in [0, 0.1) is 5.41 Å². The minimum atomic E-state index is -0.512. The van der Waals surface area contributed by atoms with E-state index in [0.717, 1.165) is 10.8 Å². The highest BCUT2D eigenvalue weighted by atomic mass is 16.5. The van der Waals surface area contributed by atoms with Gasteiger partial charge >= 0.3 is 0 Å². The molecule has 0 saturated heterocycles. The number of carbonyl (C=O) groups is 2. The number of amides is 1. The molecular formula is C19H22N2O3. The molecule has 2 rings (SSSR count). The molecule has 1 aromatic heterocycles. The van der Waals surface area contributed by atoms with Crippen molar-refractivity contribution in [1.29, 1.82) is 0 Å². The minimum Gasteiger partial charge on any atom is -0.481 e. The predicted molar refractivity (Wildman–Crippen MR) is 94.2 cm³/mol. The molecule has 0 aliphatic rings. The second-order valence-corrected chi connectivity index (χ2v) is 6.51. The minimum absolute atomic E-state index is 0.00331. The molecule has 0 unspecified atom stereocenters. The number of aliphatic imine (C=N–C) groups is 1. The number of hydrogen-bond donors (Lipinski definition) is 0. The van der Waals surface area contributed by atoms with E-state index in [1.165, 1.54) is 0 Å². The number of aromatic nitrogens is 1. The second-order valence-electron chi connectivity index (χ2n) is 6.51. The van der Waals surface area contributed by atoms with Gasteiger partial charge in [-0.2, -0.15) is 4.99 Å². The van der Waals surface area contributed by atoms with Gasteiger partial charge < -0.3 is 4.74 Å². The zero-order chi connectivity index (χ0) is 17.7. The molecular weight excluding hydrogens is 304 g/mol. The number of carbonyl (C=O) groups excluding carboxylic acids is 2. The van der Waals surface area contributed by atoms with Crippen molar-refractivity contribution >= 4 is 28.4 Å². The molecule has 1 heterocycles. The zero-order valence-electron chi connectivity index (χ0n) is 14.5. The summed E-state index contributed by atoms with van der Waals surface area (Å²) in [5, 5.41) is 1.86. The first-order chi connectivity index (χ1) is 11.3. The Morgan fingerprint density at radius 2 is 1.83 bits per heavy atom. The number of rotatable bonds is 4. The maximum atomic E-state index is 12.4. The van der Waals surface area contributed by atoms with Gasteiger partial charge in [-0.1, -0.05) is 45.0 Å². The van der Waals surface area contributed by atoms with Gasteiger partial charge in [0.15, 0.2) is 5.90 Å². The summed E-state index contributed by atoms with van der Waals surface area (Å²) in [6.45, 7) is 7.60. The van der Waals surface area contributed by atoms with Crippen LogP contribution in [0.2, 0.25) is 0 Å². The van der Waals surface area contributed by atoms with E-state index in [-0.39, 0.29) is 23.8 Å². The van der Waals surface area contributed by atoms with Crippen LogP contribution in [0.3, 0.4) is 0 Å². The molecule has 0 atom stereocenters. The van der Waals surface area contributed by atoms with Gasteiger partial charge in [-0.25, -0.2) is 0 Å². The molecule has 5 heteroatoms. The zero-order valence-corrected chi connectivity index (χ0v) is 14.5. The summed E-state index contributed by atoms with van der Waals surface area (Å²) >= 11 is 0. The molecule has 24 heavy (non-hydrogen) atoms. The van der Waals surface area contributed by atoms with E-state index < -0.39 is 11.3 Å². The van der Waals surface area contributed by atoms with Crippen LogP contribution in [0.4, 0.5) is 0 Å². The topological polar surface area (TPSA) is 68.6 Å². The normalized spacial score (nSPS) is 12.2. The molecule has 0 saturated carbocycles. The van der Waals surface area contributed by atoms with E-state index in [4.69, 9.17) is 4.74 Å². The van der Waals surface area contributed by atoms with E-state index in [1.54, 1.807) is 19.2 Å². The molecule has 1 aromatic carbocycles. The molecule has 5 nitrogen and oxygen atoms in total. The van der Waals surface area contributed by atoms with Gasteiger partial charge in [-0.05, 0) is 18.4 Å². The van der Waals surface area contributed by atoms with Crippen LogP contribution in [0.15, 0.2) is 41.5 Å². The first kappa shape index (κ1) is 17.8. The number of benzene rings is 1. The van der Waals surface area contributed by atoms with Crippen LogP contribution in [-0.4, -0.2) is 29.2 Å². The Balaban J connectivity index is 2.26. The molecule has 1 amide bonds. The smallest absolute Gasteiger partial charge is 0.298 e. The Hall–Kier alpha value is -2.56. The van der Waals surface area contributed by atoms with Crippen LogP contribution in [0.1, 0.15) is 44.6 Å². The number of hydrogen-bond acceptors (Lipinski definition) is 4. The van der Waals surface area contributed by atoms with Crippen molar-refractivity contribution in [3.05, 3.63) is 42.2 Å².